The highest BCUT2D eigenvalue weighted by molar-refractivity contribution is 9.10. The Morgan fingerprint density at radius 1 is 1.33 bits per heavy atom. The highest BCUT2D eigenvalue weighted by Gasteiger charge is 2.49. The predicted octanol–water partition coefficient (Wildman–Crippen LogP) is 3.21. The van der Waals surface area contributed by atoms with E-state index in [0.29, 0.717) is 26.1 Å². The van der Waals surface area contributed by atoms with Crippen molar-refractivity contribution >= 4 is 32.7 Å². The number of rotatable bonds is 4. The van der Waals surface area contributed by atoms with Crippen LogP contribution in [0.4, 0.5) is 19.0 Å². The Bertz CT molecular complexity index is 1080. The number of ether oxygens (including phenoxy) is 2. The molecule has 0 saturated carbocycles. The average molecular weight is 531 g/mol. The summed E-state index contributed by atoms with van der Waals surface area (Å²) in [7, 11) is 0. The van der Waals surface area contributed by atoms with E-state index < -0.39 is 28.9 Å². The zero-order valence-electron chi connectivity index (χ0n) is 18.3. The summed E-state index contributed by atoms with van der Waals surface area (Å²) in [5.74, 6) is -1.39. The number of hydrogen-bond donors (Lipinski definition) is 1. The third kappa shape index (κ3) is 4.28. The molecule has 3 aliphatic heterocycles. The predicted molar refractivity (Wildman–Crippen MR) is 119 cm³/mol. The molecule has 11 heteroatoms. The molecule has 5 rings (SSSR count). The maximum Gasteiger partial charge on any atom is 0.319 e. The van der Waals surface area contributed by atoms with Crippen LogP contribution in [-0.2, 0) is 4.74 Å². The molecule has 1 aromatic heterocycles. The van der Waals surface area contributed by atoms with Crippen LogP contribution in [0.3, 0.4) is 0 Å². The zero-order chi connectivity index (χ0) is 23.4. The van der Waals surface area contributed by atoms with Gasteiger partial charge in [0.1, 0.15) is 35.5 Å². The van der Waals surface area contributed by atoms with Crippen molar-refractivity contribution in [3.8, 4) is 6.01 Å². The number of β-amino-alcohol motifs (C(OH)–C–C–N with tert-alkyl or cyclic N) is 1. The van der Waals surface area contributed by atoms with E-state index in [1.54, 1.807) is 11.8 Å². The van der Waals surface area contributed by atoms with Gasteiger partial charge < -0.3 is 19.5 Å². The summed E-state index contributed by atoms with van der Waals surface area (Å²) in [5.41, 5.74) is -1.69. The first-order valence-electron chi connectivity index (χ1n) is 11.1. The number of alkyl halides is 1. The summed E-state index contributed by atoms with van der Waals surface area (Å²) in [6.07, 6.45) is 1.25. The Balaban J connectivity index is 1.54. The fourth-order valence-electron chi connectivity index (χ4n) is 5.27. The monoisotopic (exact) mass is 530 g/mol. The summed E-state index contributed by atoms with van der Waals surface area (Å²) >= 11 is 2.94. The van der Waals surface area contributed by atoms with E-state index in [1.165, 1.54) is 6.07 Å². The summed E-state index contributed by atoms with van der Waals surface area (Å²) < 4.78 is 54.7. The summed E-state index contributed by atoms with van der Waals surface area (Å²) in [4.78, 5) is 12.6. The molecule has 3 fully saturated rings. The van der Waals surface area contributed by atoms with Crippen molar-refractivity contribution in [3.05, 3.63) is 22.2 Å². The second kappa shape index (κ2) is 8.51. The standard InChI is InChI=1S/C22H26BrF3N4O3/c1-21(31)10-29(5-6-32-11-21)19-14-7-15(25)16(23)17(26)18(14)27-20(28-19)33-12-22-3-2-4-30(22)9-13(24)8-22/h7,13,31H,2-6,8-12H2,1H3/t13-,21?,22+/m1/s1. The van der Waals surface area contributed by atoms with Crippen molar-refractivity contribution in [2.45, 2.75) is 43.5 Å². The van der Waals surface area contributed by atoms with Crippen LogP contribution in [0.5, 0.6) is 6.01 Å². The van der Waals surface area contributed by atoms with Gasteiger partial charge in [0.05, 0.1) is 29.8 Å². The highest BCUT2D eigenvalue weighted by atomic mass is 79.9. The van der Waals surface area contributed by atoms with Crippen molar-refractivity contribution in [2.75, 3.05) is 50.9 Å². The first kappa shape index (κ1) is 23.1. The normalized spacial score (nSPS) is 30.6. The van der Waals surface area contributed by atoms with Crippen molar-refractivity contribution in [1.29, 1.82) is 0 Å². The van der Waals surface area contributed by atoms with E-state index in [2.05, 4.69) is 30.8 Å². The fourth-order valence-corrected chi connectivity index (χ4v) is 5.58. The third-order valence-corrected chi connectivity index (χ3v) is 7.49. The largest absolute Gasteiger partial charge is 0.461 e. The van der Waals surface area contributed by atoms with Crippen LogP contribution in [0.15, 0.2) is 10.5 Å². The van der Waals surface area contributed by atoms with Gasteiger partial charge in [-0.15, -0.1) is 0 Å². The van der Waals surface area contributed by atoms with Gasteiger partial charge in [0, 0.05) is 24.9 Å². The molecule has 180 valence electrons. The number of anilines is 1. The van der Waals surface area contributed by atoms with Crippen molar-refractivity contribution in [2.24, 2.45) is 0 Å². The Morgan fingerprint density at radius 3 is 2.97 bits per heavy atom. The fraction of sp³-hybridized carbons (Fsp3) is 0.636. The van der Waals surface area contributed by atoms with Crippen LogP contribution in [-0.4, -0.2) is 83.3 Å². The van der Waals surface area contributed by atoms with Gasteiger partial charge in [0.15, 0.2) is 5.82 Å². The van der Waals surface area contributed by atoms with Crippen LogP contribution in [0, 0.1) is 11.6 Å². The van der Waals surface area contributed by atoms with Crippen molar-refractivity contribution < 1.29 is 27.8 Å². The van der Waals surface area contributed by atoms with Crippen LogP contribution >= 0.6 is 15.9 Å². The minimum atomic E-state index is -1.18. The van der Waals surface area contributed by atoms with E-state index in [1.807, 2.05) is 0 Å². The molecule has 7 nitrogen and oxygen atoms in total. The van der Waals surface area contributed by atoms with E-state index in [0.717, 1.165) is 19.4 Å². The molecule has 0 aliphatic carbocycles. The first-order valence-corrected chi connectivity index (χ1v) is 11.9. The Morgan fingerprint density at radius 2 is 2.15 bits per heavy atom. The molecule has 3 atom stereocenters. The molecule has 4 heterocycles. The van der Waals surface area contributed by atoms with Gasteiger partial charge in [0.2, 0.25) is 0 Å². The molecule has 33 heavy (non-hydrogen) atoms. The van der Waals surface area contributed by atoms with Crippen molar-refractivity contribution in [1.82, 2.24) is 14.9 Å². The minimum Gasteiger partial charge on any atom is -0.461 e. The molecule has 0 radical (unpaired) electrons. The number of nitrogens with zero attached hydrogens (tertiary/aromatic N) is 4. The van der Waals surface area contributed by atoms with Crippen LogP contribution < -0.4 is 9.64 Å². The maximum absolute atomic E-state index is 15.0. The van der Waals surface area contributed by atoms with Gasteiger partial charge in [-0.25, -0.2) is 13.2 Å². The molecule has 0 amide bonds. The molecule has 3 aliphatic rings. The number of aromatic nitrogens is 2. The molecular weight excluding hydrogens is 505 g/mol. The van der Waals surface area contributed by atoms with E-state index >= 15 is 4.39 Å². The van der Waals surface area contributed by atoms with Gasteiger partial charge in [-0.05, 0) is 48.3 Å². The molecular formula is C22H26BrF3N4O3. The summed E-state index contributed by atoms with van der Waals surface area (Å²) in [5, 5.41) is 10.8. The Hall–Kier alpha value is -1.69. The summed E-state index contributed by atoms with van der Waals surface area (Å²) in [6, 6.07) is 1.10. The van der Waals surface area contributed by atoms with E-state index in [4.69, 9.17) is 9.47 Å². The smallest absolute Gasteiger partial charge is 0.319 e. The van der Waals surface area contributed by atoms with Crippen LogP contribution in [0.25, 0.3) is 10.9 Å². The van der Waals surface area contributed by atoms with Gasteiger partial charge in [0.25, 0.3) is 0 Å². The van der Waals surface area contributed by atoms with Crippen molar-refractivity contribution in [3.63, 3.8) is 0 Å². The topological polar surface area (TPSA) is 71.0 Å². The number of halogens is 4. The number of benzene rings is 1. The summed E-state index contributed by atoms with van der Waals surface area (Å²) in [6.45, 7) is 3.98. The third-order valence-electron chi connectivity index (χ3n) is 6.77. The lowest BCUT2D eigenvalue weighted by atomic mass is 9.95. The zero-order valence-corrected chi connectivity index (χ0v) is 19.9. The Labute approximate surface area is 198 Å². The molecule has 1 unspecified atom stereocenters. The quantitative estimate of drug-likeness (QED) is 0.608. The second-order valence-corrected chi connectivity index (χ2v) is 10.3. The Kier molecular flexibility index (Phi) is 5.95. The number of hydrogen-bond acceptors (Lipinski definition) is 7. The van der Waals surface area contributed by atoms with E-state index in [-0.39, 0.29) is 47.0 Å². The van der Waals surface area contributed by atoms with Gasteiger partial charge in [-0.1, -0.05) is 0 Å². The SMILES string of the molecule is CC1(O)COCCN(c2nc(OC[C@@]34CCCN3C[C@H](F)C4)nc3c(F)c(Br)c(F)cc23)C1. The first-order chi connectivity index (χ1) is 15.7. The van der Waals surface area contributed by atoms with Crippen LogP contribution in [0.1, 0.15) is 26.2 Å². The van der Waals surface area contributed by atoms with Gasteiger partial charge in [-0.3, -0.25) is 4.90 Å². The lowest BCUT2D eigenvalue weighted by Crippen LogP contribution is -2.44. The minimum absolute atomic E-state index is 0.0664. The number of aliphatic hydroxyl groups is 1. The van der Waals surface area contributed by atoms with E-state index in [9.17, 15) is 13.9 Å². The molecule has 0 spiro atoms. The second-order valence-electron chi connectivity index (χ2n) is 9.55. The molecule has 3 saturated heterocycles. The lowest BCUT2D eigenvalue weighted by molar-refractivity contribution is -0.0123. The lowest BCUT2D eigenvalue weighted by Gasteiger charge is -2.31. The highest BCUT2D eigenvalue weighted by Crippen LogP contribution is 2.41. The molecule has 2 aromatic rings. The molecule has 1 aromatic carbocycles. The average Bonchev–Trinajstić information content (AvgIpc) is 3.21. The molecule has 1 N–H and O–H groups in total. The van der Waals surface area contributed by atoms with Crippen LogP contribution in [0.2, 0.25) is 0 Å². The molecule has 0 bridgehead atoms. The van der Waals surface area contributed by atoms with Gasteiger partial charge in [-0.2, -0.15) is 9.97 Å². The van der Waals surface area contributed by atoms with Gasteiger partial charge >= 0.3 is 6.01 Å². The number of fused-ring (bicyclic) bond motifs is 2. The maximum atomic E-state index is 15.0.